The van der Waals surface area contributed by atoms with Gasteiger partial charge in [0.2, 0.25) is 0 Å². The van der Waals surface area contributed by atoms with Crippen LogP contribution in [0.2, 0.25) is 0 Å². The molecule has 0 amide bonds. The molecule has 1 aromatic heterocycles. The normalized spacial score (nSPS) is 15.1. The number of rotatable bonds is 6. The summed E-state index contributed by atoms with van der Waals surface area (Å²) in [6, 6.07) is 13.8. The lowest BCUT2D eigenvalue weighted by molar-refractivity contribution is -0.117. The first-order chi connectivity index (χ1) is 12.5. The number of hydrogen-bond donors (Lipinski definition) is 0. The van der Waals surface area contributed by atoms with Gasteiger partial charge in [-0.3, -0.25) is 0 Å². The molecule has 3 rings (SSSR count). The molecular formula is C20H20BrN3O2. The Morgan fingerprint density at radius 2 is 2.04 bits per heavy atom. The number of hydrogen-bond acceptors (Lipinski definition) is 5. The van der Waals surface area contributed by atoms with Crippen LogP contribution in [0.5, 0.6) is 5.75 Å². The summed E-state index contributed by atoms with van der Waals surface area (Å²) < 4.78 is 6.69. The van der Waals surface area contributed by atoms with Crippen LogP contribution in [-0.2, 0) is 4.79 Å². The number of anilines is 1. The number of carbonyl (C=O) groups excluding carboxylic acids is 1. The van der Waals surface area contributed by atoms with Crippen molar-refractivity contribution < 1.29 is 9.53 Å². The number of halogens is 1. The number of carbonyl (C=O) groups is 1. The molecule has 0 aliphatic carbocycles. The number of ketones is 1. The number of nitriles is 1. The second kappa shape index (κ2) is 7.88. The maximum absolute atomic E-state index is 11.2. The summed E-state index contributed by atoms with van der Waals surface area (Å²) in [6.07, 6.45) is 0.661. The summed E-state index contributed by atoms with van der Waals surface area (Å²) in [5.41, 5.74) is 1.54. The molecule has 0 radical (unpaired) electrons. The van der Waals surface area contributed by atoms with E-state index < -0.39 is 0 Å². The fourth-order valence-electron chi connectivity index (χ4n) is 3.00. The van der Waals surface area contributed by atoms with Crippen LogP contribution in [-0.4, -0.2) is 30.0 Å². The van der Waals surface area contributed by atoms with Gasteiger partial charge in [-0.05, 0) is 58.6 Å². The molecule has 1 fully saturated rings. The van der Waals surface area contributed by atoms with E-state index in [0.717, 1.165) is 30.2 Å². The summed E-state index contributed by atoms with van der Waals surface area (Å²) in [7, 11) is 0. The molecule has 2 heterocycles. The van der Waals surface area contributed by atoms with Gasteiger partial charge < -0.3 is 14.4 Å². The van der Waals surface area contributed by atoms with Gasteiger partial charge in [-0.1, -0.05) is 19.1 Å². The quantitative estimate of drug-likeness (QED) is 0.713. The van der Waals surface area contributed by atoms with Gasteiger partial charge in [0, 0.05) is 6.42 Å². The molecular weight excluding hydrogens is 394 g/mol. The van der Waals surface area contributed by atoms with Crippen LogP contribution < -0.4 is 9.64 Å². The summed E-state index contributed by atoms with van der Waals surface area (Å²) in [4.78, 5) is 17.7. The van der Waals surface area contributed by atoms with Crippen LogP contribution in [0.3, 0.4) is 0 Å². The SMILES string of the molecule is CC(=O)C[C@@H](C)c1ccc(OC2CN(c3ccc(Br)c(C#N)n3)C2)cc1. The lowest BCUT2D eigenvalue weighted by Crippen LogP contribution is -2.54. The molecule has 0 unspecified atom stereocenters. The van der Waals surface area contributed by atoms with Gasteiger partial charge >= 0.3 is 0 Å². The molecule has 134 valence electrons. The molecule has 0 bridgehead atoms. The minimum atomic E-state index is 0.103. The molecule has 0 saturated carbocycles. The molecule has 0 spiro atoms. The lowest BCUT2D eigenvalue weighted by atomic mass is 9.96. The van der Waals surface area contributed by atoms with Crippen molar-refractivity contribution in [3.63, 3.8) is 0 Å². The third-order valence-corrected chi connectivity index (χ3v) is 5.09. The first kappa shape index (κ1) is 18.4. The van der Waals surface area contributed by atoms with Gasteiger partial charge in [-0.2, -0.15) is 5.26 Å². The minimum absolute atomic E-state index is 0.103. The predicted octanol–water partition coefficient (Wildman–Crippen LogP) is 4.07. The lowest BCUT2D eigenvalue weighted by Gasteiger charge is -2.39. The number of ether oxygens (including phenoxy) is 1. The zero-order valence-corrected chi connectivity index (χ0v) is 16.4. The first-order valence-corrected chi connectivity index (χ1v) is 9.33. The molecule has 1 aliphatic rings. The van der Waals surface area contributed by atoms with Crippen molar-refractivity contribution in [2.45, 2.75) is 32.3 Å². The van der Waals surface area contributed by atoms with Crippen molar-refractivity contribution in [3.8, 4) is 11.8 Å². The Balaban J connectivity index is 1.54. The highest BCUT2D eigenvalue weighted by Crippen LogP contribution is 2.27. The van der Waals surface area contributed by atoms with E-state index in [1.807, 2.05) is 36.4 Å². The van der Waals surface area contributed by atoms with Crippen molar-refractivity contribution in [2.24, 2.45) is 0 Å². The molecule has 1 aliphatic heterocycles. The Hall–Kier alpha value is -2.39. The van der Waals surface area contributed by atoms with E-state index in [-0.39, 0.29) is 17.8 Å². The van der Waals surface area contributed by atoms with Gasteiger partial charge in [0.05, 0.1) is 17.6 Å². The van der Waals surface area contributed by atoms with Crippen LogP contribution in [0, 0.1) is 11.3 Å². The molecule has 5 nitrogen and oxygen atoms in total. The third-order valence-electron chi connectivity index (χ3n) is 4.45. The van der Waals surface area contributed by atoms with Gasteiger partial charge in [0.15, 0.2) is 5.69 Å². The van der Waals surface area contributed by atoms with Crippen LogP contribution in [0.15, 0.2) is 40.9 Å². The van der Waals surface area contributed by atoms with Gasteiger partial charge in [-0.25, -0.2) is 4.98 Å². The molecule has 2 aromatic rings. The number of benzene rings is 1. The first-order valence-electron chi connectivity index (χ1n) is 8.54. The summed E-state index contributed by atoms with van der Waals surface area (Å²) in [6.45, 7) is 5.15. The summed E-state index contributed by atoms with van der Waals surface area (Å²) in [5, 5.41) is 9.07. The highest BCUT2D eigenvalue weighted by Gasteiger charge is 2.30. The van der Waals surface area contributed by atoms with Gasteiger partial charge in [-0.15, -0.1) is 0 Å². The Labute approximate surface area is 161 Å². The van der Waals surface area contributed by atoms with Crippen molar-refractivity contribution in [3.05, 3.63) is 52.1 Å². The maximum Gasteiger partial charge on any atom is 0.157 e. The van der Waals surface area contributed by atoms with Crippen LogP contribution in [0.4, 0.5) is 5.82 Å². The van der Waals surface area contributed by atoms with E-state index in [1.165, 1.54) is 0 Å². The molecule has 6 heteroatoms. The third kappa shape index (κ3) is 4.23. The monoisotopic (exact) mass is 413 g/mol. The standard InChI is InChI=1S/C20H20BrN3O2/c1-13(9-14(2)25)15-3-5-16(6-4-15)26-17-11-24(12-17)20-8-7-18(21)19(10-22)23-20/h3-8,13,17H,9,11-12H2,1-2H3/t13-/m1/s1. The Kier molecular flexibility index (Phi) is 5.58. The second-order valence-corrected chi connectivity index (χ2v) is 7.49. The maximum atomic E-state index is 11.2. The number of aromatic nitrogens is 1. The Morgan fingerprint density at radius 3 is 2.65 bits per heavy atom. The topological polar surface area (TPSA) is 66.2 Å². The molecule has 1 atom stereocenters. The fourth-order valence-corrected chi connectivity index (χ4v) is 3.31. The Bertz CT molecular complexity index is 839. The Morgan fingerprint density at radius 1 is 1.35 bits per heavy atom. The van der Waals surface area contributed by atoms with Crippen molar-refractivity contribution >= 4 is 27.5 Å². The smallest absolute Gasteiger partial charge is 0.157 e. The average Bonchev–Trinajstić information content (AvgIpc) is 2.58. The van der Waals surface area contributed by atoms with Gasteiger partial charge in [0.25, 0.3) is 0 Å². The van der Waals surface area contributed by atoms with Gasteiger partial charge in [0.1, 0.15) is 29.5 Å². The van der Waals surface area contributed by atoms with Crippen LogP contribution in [0.1, 0.15) is 37.4 Å². The van der Waals surface area contributed by atoms with E-state index >= 15 is 0 Å². The zero-order chi connectivity index (χ0) is 18.7. The van der Waals surface area contributed by atoms with Crippen molar-refractivity contribution in [1.82, 2.24) is 4.98 Å². The van der Waals surface area contributed by atoms with E-state index in [2.05, 4.69) is 38.8 Å². The average molecular weight is 414 g/mol. The number of pyridine rings is 1. The molecule has 1 aromatic carbocycles. The van der Waals surface area contributed by atoms with Crippen molar-refractivity contribution in [1.29, 1.82) is 5.26 Å². The van der Waals surface area contributed by atoms with E-state index in [1.54, 1.807) is 6.92 Å². The highest BCUT2D eigenvalue weighted by atomic mass is 79.9. The fraction of sp³-hybridized carbons (Fsp3) is 0.350. The number of Topliss-reactive ketones (excluding diaryl/α,β-unsaturated/α-hetero) is 1. The van der Waals surface area contributed by atoms with E-state index in [9.17, 15) is 4.79 Å². The number of nitrogens with zero attached hydrogens (tertiary/aromatic N) is 3. The molecule has 0 N–H and O–H groups in total. The minimum Gasteiger partial charge on any atom is -0.487 e. The van der Waals surface area contributed by atoms with Crippen molar-refractivity contribution in [2.75, 3.05) is 18.0 Å². The summed E-state index contributed by atoms with van der Waals surface area (Å²) >= 11 is 3.32. The predicted molar refractivity (Wildman–Crippen MR) is 103 cm³/mol. The summed E-state index contributed by atoms with van der Waals surface area (Å²) in [5.74, 6) is 2.04. The van der Waals surface area contributed by atoms with E-state index in [0.29, 0.717) is 16.6 Å². The second-order valence-electron chi connectivity index (χ2n) is 6.63. The van der Waals surface area contributed by atoms with Crippen LogP contribution >= 0.6 is 15.9 Å². The molecule has 1 saturated heterocycles. The van der Waals surface area contributed by atoms with Crippen LogP contribution in [0.25, 0.3) is 0 Å². The zero-order valence-electron chi connectivity index (χ0n) is 14.8. The molecule has 26 heavy (non-hydrogen) atoms. The largest absolute Gasteiger partial charge is 0.487 e. The highest BCUT2D eigenvalue weighted by molar-refractivity contribution is 9.10. The van der Waals surface area contributed by atoms with E-state index in [4.69, 9.17) is 10.00 Å².